The molecular formula is C17H20N4O. The van der Waals surface area contributed by atoms with E-state index in [0.717, 1.165) is 29.2 Å². The van der Waals surface area contributed by atoms with Gasteiger partial charge in [0.05, 0.1) is 11.4 Å². The Bertz CT molecular complexity index is 726. The highest BCUT2D eigenvalue weighted by molar-refractivity contribution is 5.36. The zero-order chi connectivity index (χ0) is 15.5. The molecule has 1 atom stereocenters. The lowest BCUT2D eigenvalue weighted by Gasteiger charge is -2.15. The fraction of sp³-hybridized carbons (Fsp3) is 0.294. The molecule has 0 unspecified atom stereocenters. The van der Waals surface area contributed by atoms with Crippen LogP contribution in [-0.4, -0.2) is 14.9 Å². The summed E-state index contributed by atoms with van der Waals surface area (Å²) in [5.74, 6) is 0.877. The highest BCUT2D eigenvalue weighted by atomic mass is 16.5. The van der Waals surface area contributed by atoms with E-state index in [1.165, 1.54) is 5.56 Å². The van der Waals surface area contributed by atoms with Crippen LogP contribution in [0.15, 0.2) is 47.2 Å². The summed E-state index contributed by atoms with van der Waals surface area (Å²) in [5.41, 5.74) is 4.37. The maximum atomic E-state index is 5.20. The molecule has 0 saturated heterocycles. The Balaban J connectivity index is 1.73. The standard InChI is InChI=1S/C17H20N4O/c1-12(18-11-17-13(2)20-22-14(17)3)15-6-4-7-16(10-15)21-9-5-8-19-21/h4-10,12,18H,11H2,1-3H3/t12-/m1/s1. The van der Waals surface area contributed by atoms with Crippen molar-refractivity contribution in [3.63, 3.8) is 0 Å². The van der Waals surface area contributed by atoms with Gasteiger partial charge in [-0.3, -0.25) is 0 Å². The van der Waals surface area contributed by atoms with Crippen LogP contribution in [-0.2, 0) is 6.54 Å². The summed E-state index contributed by atoms with van der Waals surface area (Å²) < 4.78 is 7.07. The summed E-state index contributed by atoms with van der Waals surface area (Å²) >= 11 is 0. The molecule has 2 heterocycles. The fourth-order valence-electron chi connectivity index (χ4n) is 2.49. The van der Waals surface area contributed by atoms with Gasteiger partial charge in [-0.25, -0.2) is 4.68 Å². The molecule has 0 aliphatic heterocycles. The number of nitrogens with zero attached hydrogens (tertiary/aromatic N) is 3. The first-order valence-corrected chi connectivity index (χ1v) is 7.40. The molecule has 5 nitrogen and oxygen atoms in total. The summed E-state index contributed by atoms with van der Waals surface area (Å²) in [5, 5.41) is 11.8. The second-order valence-electron chi connectivity index (χ2n) is 5.45. The third-order valence-corrected chi connectivity index (χ3v) is 3.91. The molecule has 0 amide bonds. The van der Waals surface area contributed by atoms with Crippen LogP contribution in [0.5, 0.6) is 0 Å². The predicted molar refractivity (Wildman–Crippen MR) is 84.8 cm³/mol. The molecule has 22 heavy (non-hydrogen) atoms. The van der Waals surface area contributed by atoms with Gasteiger partial charge in [-0.05, 0) is 44.5 Å². The predicted octanol–water partition coefficient (Wildman–Crippen LogP) is 3.33. The van der Waals surface area contributed by atoms with Gasteiger partial charge in [0.1, 0.15) is 5.76 Å². The van der Waals surface area contributed by atoms with Gasteiger partial charge in [-0.2, -0.15) is 5.10 Å². The quantitative estimate of drug-likeness (QED) is 0.784. The largest absolute Gasteiger partial charge is 0.361 e. The van der Waals surface area contributed by atoms with E-state index in [-0.39, 0.29) is 6.04 Å². The van der Waals surface area contributed by atoms with Crippen molar-refractivity contribution in [1.82, 2.24) is 20.3 Å². The van der Waals surface area contributed by atoms with Crippen molar-refractivity contribution in [2.45, 2.75) is 33.4 Å². The molecule has 0 spiro atoms. The Morgan fingerprint density at radius 2 is 2.14 bits per heavy atom. The Morgan fingerprint density at radius 3 is 2.82 bits per heavy atom. The molecule has 0 radical (unpaired) electrons. The van der Waals surface area contributed by atoms with Crippen molar-refractivity contribution in [3.8, 4) is 5.69 Å². The van der Waals surface area contributed by atoms with E-state index >= 15 is 0 Å². The highest BCUT2D eigenvalue weighted by Gasteiger charge is 2.11. The van der Waals surface area contributed by atoms with Gasteiger partial charge in [0.2, 0.25) is 0 Å². The minimum Gasteiger partial charge on any atom is -0.361 e. The molecule has 0 aliphatic carbocycles. The van der Waals surface area contributed by atoms with Crippen molar-refractivity contribution in [2.24, 2.45) is 0 Å². The van der Waals surface area contributed by atoms with Crippen LogP contribution < -0.4 is 5.32 Å². The van der Waals surface area contributed by atoms with Gasteiger partial charge in [-0.15, -0.1) is 0 Å². The minimum absolute atomic E-state index is 0.226. The van der Waals surface area contributed by atoms with Crippen LogP contribution in [0.25, 0.3) is 5.69 Å². The number of hydrogen-bond donors (Lipinski definition) is 1. The maximum absolute atomic E-state index is 5.20. The van der Waals surface area contributed by atoms with Gasteiger partial charge >= 0.3 is 0 Å². The molecule has 0 fully saturated rings. The number of aryl methyl sites for hydroxylation is 2. The third-order valence-electron chi connectivity index (χ3n) is 3.91. The summed E-state index contributed by atoms with van der Waals surface area (Å²) in [6.45, 7) is 6.81. The molecule has 1 N–H and O–H groups in total. The molecular weight excluding hydrogens is 276 g/mol. The van der Waals surface area contributed by atoms with Crippen LogP contribution >= 0.6 is 0 Å². The number of hydrogen-bond acceptors (Lipinski definition) is 4. The van der Waals surface area contributed by atoms with Crippen molar-refractivity contribution in [3.05, 3.63) is 65.3 Å². The van der Waals surface area contributed by atoms with Gasteiger partial charge < -0.3 is 9.84 Å². The number of nitrogens with one attached hydrogen (secondary N) is 1. The van der Waals surface area contributed by atoms with E-state index in [4.69, 9.17) is 4.52 Å². The molecule has 0 bridgehead atoms. The van der Waals surface area contributed by atoms with Crippen LogP contribution in [0.3, 0.4) is 0 Å². The second kappa shape index (κ2) is 6.15. The van der Waals surface area contributed by atoms with Crippen molar-refractivity contribution in [1.29, 1.82) is 0 Å². The summed E-state index contributed by atoms with van der Waals surface area (Å²) in [6.07, 6.45) is 3.73. The Kier molecular flexibility index (Phi) is 4.06. The van der Waals surface area contributed by atoms with E-state index < -0.39 is 0 Å². The Morgan fingerprint density at radius 1 is 1.27 bits per heavy atom. The lowest BCUT2D eigenvalue weighted by molar-refractivity contribution is 0.391. The molecule has 2 aromatic heterocycles. The van der Waals surface area contributed by atoms with Crippen LogP contribution in [0.4, 0.5) is 0 Å². The second-order valence-corrected chi connectivity index (χ2v) is 5.45. The average Bonchev–Trinajstić information content (AvgIpc) is 3.16. The lowest BCUT2D eigenvalue weighted by atomic mass is 10.1. The van der Waals surface area contributed by atoms with Gasteiger partial charge in [-0.1, -0.05) is 17.3 Å². The van der Waals surface area contributed by atoms with E-state index in [2.05, 4.69) is 46.8 Å². The van der Waals surface area contributed by atoms with E-state index in [0.29, 0.717) is 0 Å². The molecule has 1 aromatic carbocycles. The zero-order valence-electron chi connectivity index (χ0n) is 13.1. The Labute approximate surface area is 129 Å². The first-order valence-electron chi connectivity index (χ1n) is 7.40. The SMILES string of the molecule is Cc1noc(C)c1CN[C@H](C)c1cccc(-n2cccn2)c1. The van der Waals surface area contributed by atoms with Gasteiger partial charge in [0.25, 0.3) is 0 Å². The smallest absolute Gasteiger partial charge is 0.138 e. The molecule has 3 aromatic rings. The van der Waals surface area contributed by atoms with Crippen LogP contribution in [0, 0.1) is 13.8 Å². The first kappa shape index (κ1) is 14.5. The topological polar surface area (TPSA) is 55.9 Å². The molecule has 0 saturated carbocycles. The van der Waals surface area contributed by atoms with Gasteiger partial charge in [0, 0.05) is 30.5 Å². The number of benzene rings is 1. The number of rotatable bonds is 5. The Hall–Kier alpha value is -2.40. The summed E-state index contributed by atoms with van der Waals surface area (Å²) in [7, 11) is 0. The average molecular weight is 296 g/mol. The van der Waals surface area contributed by atoms with Crippen LogP contribution in [0.1, 0.15) is 35.5 Å². The van der Waals surface area contributed by atoms with Crippen molar-refractivity contribution < 1.29 is 4.52 Å². The highest BCUT2D eigenvalue weighted by Crippen LogP contribution is 2.18. The zero-order valence-corrected chi connectivity index (χ0v) is 13.1. The first-order chi connectivity index (χ1) is 10.6. The summed E-state index contributed by atoms with van der Waals surface area (Å²) in [6, 6.07) is 10.5. The molecule has 5 heteroatoms. The normalized spacial score (nSPS) is 12.5. The van der Waals surface area contributed by atoms with Crippen molar-refractivity contribution in [2.75, 3.05) is 0 Å². The maximum Gasteiger partial charge on any atom is 0.138 e. The lowest BCUT2D eigenvalue weighted by Crippen LogP contribution is -2.19. The third kappa shape index (κ3) is 2.94. The molecule has 3 rings (SSSR count). The van der Waals surface area contributed by atoms with Crippen molar-refractivity contribution >= 4 is 0 Å². The van der Waals surface area contributed by atoms with E-state index in [1.807, 2.05) is 30.8 Å². The molecule has 0 aliphatic rings. The number of aromatic nitrogens is 3. The van der Waals surface area contributed by atoms with Crippen LogP contribution in [0.2, 0.25) is 0 Å². The fourth-order valence-corrected chi connectivity index (χ4v) is 2.49. The van der Waals surface area contributed by atoms with E-state index in [9.17, 15) is 0 Å². The monoisotopic (exact) mass is 296 g/mol. The van der Waals surface area contributed by atoms with Gasteiger partial charge in [0.15, 0.2) is 0 Å². The molecule has 114 valence electrons. The minimum atomic E-state index is 0.226. The summed E-state index contributed by atoms with van der Waals surface area (Å²) in [4.78, 5) is 0. The van der Waals surface area contributed by atoms with E-state index in [1.54, 1.807) is 6.20 Å².